The molecule has 2 N–H and O–H groups in total. The minimum atomic E-state index is -6.05. The van der Waals surface area contributed by atoms with Crippen LogP contribution >= 0.6 is 0 Å². The Morgan fingerprint density at radius 3 is 2.24 bits per heavy atom. The number of aliphatic hydroxyl groups is 2. The van der Waals surface area contributed by atoms with Gasteiger partial charge in [-0.1, -0.05) is 26.3 Å². The molecule has 3 nitrogen and oxygen atoms in total. The van der Waals surface area contributed by atoms with Gasteiger partial charge < -0.3 is 10.2 Å². The maximum absolute atomic E-state index is 13.2. The van der Waals surface area contributed by atoms with E-state index in [4.69, 9.17) is 8.22 Å². The zero-order chi connectivity index (χ0) is 30.5. The van der Waals surface area contributed by atoms with Crippen LogP contribution in [0.25, 0.3) is 0 Å². The number of carbonyl (C=O) groups is 1. The third-order valence-electron chi connectivity index (χ3n) is 7.80. The fourth-order valence-corrected chi connectivity index (χ4v) is 6.09. The van der Waals surface area contributed by atoms with Gasteiger partial charge in [-0.25, -0.2) is 0 Å². The van der Waals surface area contributed by atoms with E-state index < -0.39 is 60.9 Å². The summed E-state index contributed by atoms with van der Waals surface area (Å²) in [4.78, 5) is 12.6. The van der Waals surface area contributed by atoms with Crippen molar-refractivity contribution in [3.63, 3.8) is 0 Å². The molecule has 0 aromatic rings. The average molecular weight is 493 g/mol. The first-order chi connectivity index (χ1) is 17.3. The summed E-state index contributed by atoms with van der Waals surface area (Å²) in [6.07, 6.45) is -10.8. The van der Waals surface area contributed by atoms with Gasteiger partial charge in [-0.05, 0) is 81.5 Å². The van der Waals surface area contributed by atoms with Crippen molar-refractivity contribution >= 4 is 5.78 Å². The normalized spacial score (nSPS) is 32.8. The van der Waals surface area contributed by atoms with E-state index in [1.165, 1.54) is 0 Å². The molecule has 0 spiro atoms. The quantitative estimate of drug-likeness (QED) is 0.300. The average Bonchev–Trinajstić information content (AvgIpc) is 3.09. The molecule has 192 valence electrons. The highest BCUT2D eigenvalue weighted by Gasteiger charge is 2.69. The molecule has 0 radical (unpaired) electrons. The van der Waals surface area contributed by atoms with Crippen LogP contribution in [0.3, 0.4) is 0 Å². The SMILES string of the molecule is [2H]C([2H])([2H])C(O)(CCC[C@](C)(C/C=C/C(O)(C(F)(F)F)C(F)(F)F)[C@H]1CC[C@H]2C(=O)CCC[C@]12C)C([2H])([2H])[2H]. The highest BCUT2D eigenvalue weighted by Crippen LogP contribution is 2.61. The molecular weight excluding hydrogens is 450 g/mol. The van der Waals surface area contributed by atoms with E-state index in [-0.39, 0.29) is 36.5 Å². The maximum Gasteiger partial charge on any atom is 0.429 e. The van der Waals surface area contributed by atoms with E-state index in [1.807, 2.05) is 6.92 Å². The number of fused-ring (bicyclic) bond motifs is 1. The first-order valence-corrected chi connectivity index (χ1v) is 11.1. The van der Waals surface area contributed by atoms with Crippen LogP contribution in [0.1, 0.15) is 93.6 Å². The Bertz CT molecular complexity index is 901. The molecule has 2 aliphatic rings. The first-order valence-electron chi connectivity index (χ1n) is 14.1. The lowest BCUT2D eigenvalue weighted by Crippen LogP contribution is -2.55. The molecule has 2 rings (SSSR count). The summed E-state index contributed by atoms with van der Waals surface area (Å²) < 4.78 is 125. The Morgan fingerprint density at radius 2 is 1.70 bits per heavy atom. The Kier molecular flexibility index (Phi) is 5.60. The van der Waals surface area contributed by atoms with E-state index in [2.05, 4.69) is 0 Å². The zero-order valence-corrected chi connectivity index (χ0v) is 18.7. The molecule has 2 saturated carbocycles. The van der Waals surface area contributed by atoms with Crippen molar-refractivity contribution in [1.29, 1.82) is 0 Å². The number of hydrogen-bond acceptors (Lipinski definition) is 3. The summed E-state index contributed by atoms with van der Waals surface area (Å²) in [6, 6.07) is 0. The number of hydrogen-bond donors (Lipinski definition) is 2. The molecule has 0 bridgehead atoms. The maximum atomic E-state index is 13.2. The van der Waals surface area contributed by atoms with Gasteiger partial charge in [0.1, 0.15) is 5.78 Å². The Balaban J connectivity index is 2.45. The van der Waals surface area contributed by atoms with Crippen LogP contribution in [-0.4, -0.2) is 39.6 Å². The second kappa shape index (κ2) is 9.17. The van der Waals surface area contributed by atoms with Crippen LogP contribution in [0.2, 0.25) is 0 Å². The lowest BCUT2D eigenvalue weighted by atomic mass is 9.56. The van der Waals surface area contributed by atoms with Crippen molar-refractivity contribution in [2.75, 3.05) is 0 Å². The summed E-state index contributed by atoms with van der Waals surface area (Å²) in [5.41, 5.74) is -9.90. The standard InChI is InChI=1S/C24H36F6O3/c1-19(2,32)11-6-12-20(3,13-7-15-22(33,23(25,26)27)24(28,29)30)18-10-9-16-17(31)8-5-14-21(16,18)4/h7,15-16,18,32-33H,5-6,8-14H2,1-4H3/b15-7+/t16-,18+,20+,21-/m0/s1/i1D3,2D3. The van der Waals surface area contributed by atoms with E-state index in [9.17, 15) is 41.4 Å². The lowest BCUT2D eigenvalue weighted by molar-refractivity contribution is -0.347. The number of ketones is 1. The second-order valence-electron chi connectivity index (χ2n) is 10.2. The van der Waals surface area contributed by atoms with Crippen molar-refractivity contribution in [2.45, 2.75) is 109 Å². The van der Waals surface area contributed by atoms with Gasteiger partial charge in [-0.2, -0.15) is 26.3 Å². The van der Waals surface area contributed by atoms with Crippen molar-refractivity contribution in [1.82, 2.24) is 0 Å². The summed E-state index contributed by atoms with van der Waals surface area (Å²) in [5.74, 6) is -0.697. The van der Waals surface area contributed by atoms with Crippen LogP contribution in [0.4, 0.5) is 26.3 Å². The van der Waals surface area contributed by atoms with Crippen LogP contribution in [0.15, 0.2) is 12.2 Å². The molecule has 0 aromatic carbocycles. The van der Waals surface area contributed by atoms with Crippen LogP contribution in [0, 0.1) is 22.7 Å². The van der Waals surface area contributed by atoms with E-state index in [0.717, 1.165) is 0 Å². The smallest absolute Gasteiger partial charge is 0.390 e. The fourth-order valence-electron chi connectivity index (χ4n) is 6.09. The topological polar surface area (TPSA) is 57.5 Å². The number of halogens is 6. The predicted octanol–water partition coefficient (Wildman–Crippen LogP) is 6.52. The van der Waals surface area contributed by atoms with Gasteiger partial charge in [-0.15, -0.1) is 0 Å². The Morgan fingerprint density at radius 1 is 1.09 bits per heavy atom. The minimum absolute atomic E-state index is 0.0341. The third-order valence-corrected chi connectivity index (χ3v) is 7.80. The van der Waals surface area contributed by atoms with Gasteiger partial charge in [0.05, 0.1) is 5.60 Å². The number of allylic oxidation sites excluding steroid dienone is 1. The lowest BCUT2D eigenvalue weighted by Gasteiger charge is -2.48. The van der Waals surface area contributed by atoms with Crippen molar-refractivity contribution in [3.8, 4) is 0 Å². The summed E-state index contributed by atoms with van der Waals surface area (Å²) in [6.45, 7) is -3.12. The number of Topliss-reactive ketones (excluding diaryl/α,β-unsaturated/α-hetero) is 1. The molecule has 2 fully saturated rings. The molecule has 9 heteroatoms. The van der Waals surface area contributed by atoms with Gasteiger partial charge in [0.25, 0.3) is 5.60 Å². The number of carbonyl (C=O) groups excluding carboxylic acids is 1. The Hall–Kier alpha value is -1.09. The van der Waals surface area contributed by atoms with Crippen LogP contribution < -0.4 is 0 Å². The third kappa shape index (κ3) is 5.77. The predicted molar refractivity (Wildman–Crippen MR) is 112 cm³/mol. The molecular formula is C24H36F6O3. The highest BCUT2D eigenvalue weighted by molar-refractivity contribution is 5.83. The van der Waals surface area contributed by atoms with Gasteiger partial charge >= 0.3 is 12.4 Å². The summed E-state index contributed by atoms with van der Waals surface area (Å²) in [7, 11) is 0. The van der Waals surface area contributed by atoms with Gasteiger partial charge in [0.15, 0.2) is 0 Å². The van der Waals surface area contributed by atoms with Gasteiger partial charge in [-0.3, -0.25) is 4.79 Å². The molecule has 4 atom stereocenters. The van der Waals surface area contributed by atoms with Crippen LogP contribution in [-0.2, 0) is 4.79 Å². The molecule has 2 aliphatic carbocycles. The van der Waals surface area contributed by atoms with E-state index in [1.54, 1.807) is 6.92 Å². The number of alkyl halides is 6. The van der Waals surface area contributed by atoms with Crippen molar-refractivity contribution < 1.29 is 49.6 Å². The molecule has 33 heavy (non-hydrogen) atoms. The molecule has 0 unspecified atom stereocenters. The van der Waals surface area contributed by atoms with Crippen molar-refractivity contribution in [2.24, 2.45) is 22.7 Å². The first kappa shape index (κ1) is 20.1. The molecule has 0 amide bonds. The van der Waals surface area contributed by atoms with Gasteiger partial charge in [0.2, 0.25) is 0 Å². The molecule has 0 aromatic heterocycles. The zero-order valence-electron chi connectivity index (χ0n) is 24.7. The molecule has 0 saturated heterocycles. The Labute approximate surface area is 200 Å². The molecule has 0 aliphatic heterocycles. The fraction of sp³-hybridized carbons (Fsp3) is 0.875. The monoisotopic (exact) mass is 492 g/mol. The summed E-state index contributed by atoms with van der Waals surface area (Å²) >= 11 is 0. The summed E-state index contributed by atoms with van der Waals surface area (Å²) in [5, 5.41) is 20.2. The van der Waals surface area contributed by atoms with Crippen LogP contribution in [0.5, 0.6) is 0 Å². The van der Waals surface area contributed by atoms with Crippen molar-refractivity contribution in [3.05, 3.63) is 12.2 Å². The molecule has 0 heterocycles. The second-order valence-corrected chi connectivity index (χ2v) is 10.2. The van der Waals surface area contributed by atoms with Gasteiger partial charge in [0, 0.05) is 20.6 Å². The van der Waals surface area contributed by atoms with E-state index >= 15 is 0 Å². The minimum Gasteiger partial charge on any atom is -0.390 e. The highest BCUT2D eigenvalue weighted by atomic mass is 19.4. The number of rotatable bonds is 8. The largest absolute Gasteiger partial charge is 0.429 e. The van der Waals surface area contributed by atoms with E-state index in [0.29, 0.717) is 38.2 Å².